The van der Waals surface area contributed by atoms with E-state index >= 15 is 0 Å². The number of ether oxygens (including phenoxy) is 1. The van der Waals surface area contributed by atoms with Crippen LogP contribution in [0.25, 0.3) is 0 Å². The highest BCUT2D eigenvalue weighted by Crippen LogP contribution is 2.12. The number of carbonyl (C=O) groups is 1. The van der Waals surface area contributed by atoms with Crippen LogP contribution in [0, 0.1) is 0 Å². The summed E-state index contributed by atoms with van der Waals surface area (Å²) in [7, 11) is 0. The van der Waals surface area contributed by atoms with Crippen LogP contribution < -0.4 is 5.73 Å². The van der Waals surface area contributed by atoms with Crippen molar-refractivity contribution in [3.63, 3.8) is 0 Å². The fourth-order valence-electron chi connectivity index (χ4n) is 1.89. The smallest absolute Gasteiger partial charge is 0.320 e. The summed E-state index contributed by atoms with van der Waals surface area (Å²) in [6.45, 7) is 9.61. The molecule has 1 unspecified atom stereocenters. The van der Waals surface area contributed by atoms with Gasteiger partial charge in [0.2, 0.25) is 0 Å². The van der Waals surface area contributed by atoms with E-state index in [1.807, 2.05) is 6.92 Å². The Morgan fingerprint density at radius 2 is 2.00 bits per heavy atom. The van der Waals surface area contributed by atoms with E-state index in [-0.39, 0.29) is 5.97 Å². The molecule has 0 amide bonds. The van der Waals surface area contributed by atoms with E-state index in [4.69, 9.17) is 10.5 Å². The second-order valence-electron chi connectivity index (χ2n) is 4.21. The average molecular weight is 230 g/mol. The monoisotopic (exact) mass is 230 g/mol. The van der Waals surface area contributed by atoms with E-state index in [2.05, 4.69) is 25.7 Å². The molecule has 0 saturated carbocycles. The van der Waals surface area contributed by atoms with Crippen LogP contribution in [0.3, 0.4) is 0 Å². The molecule has 0 aromatic heterocycles. The van der Waals surface area contributed by atoms with Crippen LogP contribution in [-0.4, -0.2) is 42.6 Å². The topological polar surface area (TPSA) is 55.6 Å². The van der Waals surface area contributed by atoms with E-state index in [1.54, 1.807) is 0 Å². The molecular weight excluding hydrogens is 204 g/mol. The van der Waals surface area contributed by atoms with Crippen molar-refractivity contribution in [2.24, 2.45) is 5.73 Å². The summed E-state index contributed by atoms with van der Waals surface area (Å²) in [5, 5.41) is 0. The van der Waals surface area contributed by atoms with Gasteiger partial charge in [-0.15, -0.1) is 0 Å². The molecule has 4 nitrogen and oxygen atoms in total. The Labute approximate surface area is 99.1 Å². The van der Waals surface area contributed by atoms with Gasteiger partial charge >= 0.3 is 5.97 Å². The van der Waals surface area contributed by atoms with Crippen molar-refractivity contribution in [2.45, 2.75) is 52.6 Å². The van der Waals surface area contributed by atoms with Gasteiger partial charge in [-0.25, -0.2) is 0 Å². The number of rotatable bonds is 8. The van der Waals surface area contributed by atoms with Crippen molar-refractivity contribution in [2.75, 3.05) is 19.7 Å². The minimum absolute atomic E-state index is 0.147. The van der Waals surface area contributed by atoms with Crippen molar-refractivity contribution in [3.05, 3.63) is 0 Å². The van der Waals surface area contributed by atoms with Crippen molar-refractivity contribution < 1.29 is 9.53 Å². The average Bonchev–Trinajstić information content (AvgIpc) is 2.23. The molecule has 0 rings (SSSR count). The Morgan fingerprint density at radius 3 is 2.38 bits per heavy atom. The lowest BCUT2D eigenvalue weighted by atomic mass is 10.1. The number of esters is 1. The number of hydrogen-bond acceptors (Lipinski definition) is 4. The van der Waals surface area contributed by atoms with Crippen molar-refractivity contribution in [1.29, 1.82) is 0 Å². The Morgan fingerprint density at radius 1 is 1.38 bits per heavy atom. The second kappa shape index (κ2) is 8.53. The Hall–Kier alpha value is -0.610. The summed E-state index contributed by atoms with van der Waals surface area (Å²) in [6, 6.07) is 0.704. The Balaban J connectivity index is 4.39. The summed E-state index contributed by atoms with van der Waals surface area (Å²) in [5.41, 5.74) is 5.59. The Kier molecular flexibility index (Phi) is 8.21. The quantitative estimate of drug-likeness (QED) is 0.640. The molecule has 0 bridgehead atoms. The van der Waals surface area contributed by atoms with Crippen LogP contribution in [0.1, 0.15) is 40.5 Å². The third-order valence-corrected chi connectivity index (χ3v) is 2.72. The van der Waals surface area contributed by atoms with Crippen molar-refractivity contribution in [1.82, 2.24) is 4.90 Å². The maximum absolute atomic E-state index is 11.5. The molecule has 0 saturated heterocycles. The van der Waals surface area contributed by atoms with Crippen LogP contribution >= 0.6 is 0 Å². The van der Waals surface area contributed by atoms with E-state index in [0.29, 0.717) is 31.8 Å². The molecular formula is C12H26N2O2. The summed E-state index contributed by atoms with van der Waals surface area (Å²) >= 11 is 0. The lowest BCUT2D eigenvalue weighted by Gasteiger charge is -2.33. The molecule has 4 heteroatoms. The number of nitrogens with zero attached hydrogens (tertiary/aromatic N) is 1. The van der Waals surface area contributed by atoms with Crippen LogP contribution in [0.15, 0.2) is 0 Å². The van der Waals surface area contributed by atoms with Gasteiger partial charge in [0.15, 0.2) is 0 Å². The first kappa shape index (κ1) is 15.4. The molecule has 0 spiro atoms. The minimum Gasteiger partial charge on any atom is -0.465 e. The van der Waals surface area contributed by atoms with Gasteiger partial charge < -0.3 is 10.5 Å². The molecule has 0 aliphatic carbocycles. The molecule has 96 valence electrons. The van der Waals surface area contributed by atoms with E-state index in [9.17, 15) is 4.79 Å². The lowest BCUT2D eigenvalue weighted by molar-refractivity contribution is -0.145. The molecule has 0 aromatic rings. The second-order valence-corrected chi connectivity index (χ2v) is 4.21. The molecule has 1 atom stereocenters. The third kappa shape index (κ3) is 5.47. The molecule has 0 radical (unpaired) electrons. The standard InChI is InChI=1S/C12H26N2O2/c1-5-11(7-8-13)14(10(3)4)9-12(15)16-6-2/h10-11H,5-9,13H2,1-4H3. The number of carbonyl (C=O) groups excluding carboxylic acids is 1. The maximum atomic E-state index is 11.5. The fourth-order valence-corrected chi connectivity index (χ4v) is 1.89. The Bertz CT molecular complexity index is 195. The zero-order valence-electron chi connectivity index (χ0n) is 11.0. The third-order valence-electron chi connectivity index (χ3n) is 2.72. The summed E-state index contributed by atoms with van der Waals surface area (Å²) in [6.07, 6.45) is 1.93. The first-order valence-electron chi connectivity index (χ1n) is 6.18. The maximum Gasteiger partial charge on any atom is 0.320 e. The summed E-state index contributed by atoms with van der Waals surface area (Å²) < 4.78 is 4.98. The molecule has 16 heavy (non-hydrogen) atoms. The van der Waals surface area contributed by atoms with Gasteiger partial charge in [-0.3, -0.25) is 9.69 Å². The highest BCUT2D eigenvalue weighted by Gasteiger charge is 2.22. The SMILES string of the molecule is CCOC(=O)CN(C(C)C)C(CC)CCN. The van der Waals surface area contributed by atoms with E-state index in [0.717, 1.165) is 12.8 Å². The number of hydrogen-bond donors (Lipinski definition) is 1. The molecule has 0 aliphatic heterocycles. The molecule has 0 aromatic carbocycles. The molecule has 0 aliphatic rings. The van der Waals surface area contributed by atoms with Gasteiger partial charge in [0, 0.05) is 12.1 Å². The van der Waals surface area contributed by atoms with Gasteiger partial charge in [-0.1, -0.05) is 6.92 Å². The lowest BCUT2D eigenvalue weighted by Crippen LogP contribution is -2.44. The first-order chi connectivity index (χ1) is 7.56. The van der Waals surface area contributed by atoms with Crippen LogP contribution in [0.4, 0.5) is 0 Å². The summed E-state index contributed by atoms with van der Waals surface area (Å²) in [4.78, 5) is 13.7. The predicted molar refractivity (Wildman–Crippen MR) is 66.2 cm³/mol. The molecule has 0 fully saturated rings. The van der Waals surface area contributed by atoms with Gasteiger partial charge in [-0.2, -0.15) is 0 Å². The molecule has 0 heterocycles. The zero-order valence-corrected chi connectivity index (χ0v) is 11.0. The first-order valence-corrected chi connectivity index (χ1v) is 6.18. The van der Waals surface area contributed by atoms with E-state index in [1.165, 1.54) is 0 Å². The fraction of sp³-hybridized carbons (Fsp3) is 0.917. The summed E-state index contributed by atoms with van der Waals surface area (Å²) in [5.74, 6) is -0.147. The van der Waals surface area contributed by atoms with Gasteiger partial charge in [0.05, 0.1) is 13.2 Å². The van der Waals surface area contributed by atoms with Gasteiger partial charge in [0.1, 0.15) is 0 Å². The van der Waals surface area contributed by atoms with Crippen molar-refractivity contribution >= 4 is 5.97 Å². The van der Waals surface area contributed by atoms with Gasteiger partial charge in [-0.05, 0) is 40.2 Å². The minimum atomic E-state index is -0.147. The van der Waals surface area contributed by atoms with Crippen LogP contribution in [0.2, 0.25) is 0 Å². The van der Waals surface area contributed by atoms with Gasteiger partial charge in [0.25, 0.3) is 0 Å². The highest BCUT2D eigenvalue weighted by molar-refractivity contribution is 5.71. The zero-order chi connectivity index (χ0) is 12.6. The molecule has 2 N–H and O–H groups in total. The van der Waals surface area contributed by atoms with E-state index < -0.39 is 0 Å². The van der Waals surface area contributed by atoms with Crippen LogP contribution in [-0.2, 0) is 9.53 Å². The van der Waals surface area contributed by atoms with Crippen LogP contribution in [0.5, 0.6) is 0 Å². The predicted octanol–water partition coefficient (Wildman–Crippen LogP) is 1.39. The number of nitrogens with two attached hydrogens (primary N) is 1. The van der Waals surface area contributed by atoms with Crippen molar-refractivity contribution in [3.8, 4) is 0 Å². The largest absolute Gasteiger partial charge is 0.465 e. The normalized spacial score (nSPS) is 13.2. The highest BCUT2D eigenvalue weighted by atomic mass is 16.5.